The van der Waals surface area contributed by atoms with E-state index >= 15 is 0 Å². The summed E-state index contributed by atoms with van der Waals surface area (Å²) in [6.45, 7) is 0. The van der Waals surface area contributed by atoms with Crippen LogP contribution in [0.3, 0.4) is 0 Å². The maximum atomic E-state index is 12.7. The van der Waals surface area contributed by atoms with E-state index in [9.17, 15) is 14.3 Å². The average molecular weight is 203 g/mol. The second kappa shape index (κ2) is 4.04. The first-order valence-corrected chi connectivity index (χ1v) is 3.40. The van der Waals surface area contributed by atoms with Gasteiger partial charge in [0, 0.05) is 6.20 Å². The zero-order valence-corrected chi connectivity index (χ0v) is 9.27. The van der Waals surface area contributed by atoms with Crippen molar-refractivity contribution in [1.29, 1.82) is 0 Å². The van der Waals surface area contributed by atoms with E-state index in [1.54, 1.807) is 0 Å². The number of carbonyl (C=O) groups is 1. The van der Waals surface area contributed by atoms with Crippen LogP contribution in [0, 0.1) is 5.82 Å². The van der Waals surface area contributed by atoms with Crippen LogP contribution in [-0.4, -0.2) is 20.6 Å². The monoisotopic (exact) mass is 203 g/mol. The van der Waals surface area contributed by atoms with E-state index in [1.807, 2.05) is 0 Å². The van der Waals surface area contributed by atoms with Crippen LogP contribution in [0.1, 0.15) is 10.6 Å². The van der Waals surface area contributed by atoms with E-state index in [4.69, 9.17) is 0 Å². The number of nitrogens with zero attached hydrogens (tertiary/aromatic N) is 3. The van der Waals surface area contributed by atoms with Crippen molar-refractivity contribution < 1.29 is 43.8 Å². The number of carboxylic acid groups (broad SMARTS) is 1. The van der Waals surface area contributed by atoms with Crippen LogP contribution in [0.25, 0.3) is 5.65 Å². The molecule has 2 aromatic heterocycles. The van der Waals surface area contributed by atoms with Crippen LogP contribution >= 0.6 is 0 Å². The summed E-state index contributed by atoms with van der Waals surface area (Å²) < 4.78 is 13.7. The van der Waals surface area contributed by atoms with E-state index in [0.29, 0.717) is 0 Å². The number of fused-ring (bicyclic) bond motifs is 1. The van der Waals surface area contributed by atoms with Gasteiger partial charge in [-0.15, -0.1) is 10.2 Å². The Kier molecular flexibility index (Phi) is 3.20. The summed E-state index contributed by atoms with van der Waals surface area (Å²) in [6.07, 6.45) is 0.987. The average Bonchev–Trinajstić information content (AvgIpc) is 2.46. The molecule has 0 spiro atoms. The molecule has 7 heteroatoms. The molecule has 0 radical (unpaired) electrons. The summed E-state index contributed by atoms with van der Waals surface area (Å²) in [4.78, 5) is 10.4. The molecule has 5 nitrogen and oxygen atoms in total. The van der Waals surface area contributed by atoms with Crippen molar-refractivity contribution in [2.75, 3.05) is 0 Å². The zero-order chi connectivity index (χ0) is 9.42. The molecule has 0 aliphatic heterocycles. The zero-order valence-electron chi connectivity index (χ0n) is 7.27. The van der Waals surface area contributed by atoms with Gasteiger partial charge in [-0.1, -0.05) is 0 Å². The fourth-order valence-corrected chi connectivity index (χ4v) is 1.00. The second-order valence-electron chi connectivity index (χ2n) is 2.39. The summed E-state index contributed by atoms with van der Waals surface area (Å²) in [5.41, 5.74) is 0.264. The first-order valence-electron chi connectivity index (χ1n) is 3.40. The topological polar surface area (TPSA) is 70.3 Å². The van der Waals surface area contributed by atoms with Gasteiger partial charge in [0.05, 0.1) is 0 Å². The molecule has 0 bridgehead atoms. The number of halogens is 1. The van der Waals surface area contributed by atoms with E-state index in [-0.39, 0.29) is 35.2 Å². The Morgan fingerprint density at radius 1 is 1.43 bits per heavy atom. The number of carbonyl (C=O) groups excluding carboxylic acids is 1. The molecule has 0 saturated heterocycles. The van der Waals surface area contributed by atoms with Gasteiger partial charge in [-0.3, -0.25) is 4.40 Å². The molecule has 0 fully saturated rings. The Hall–Kier alpha value is -0.980. The Labute approximate surface area is 99.9 Å². The standard InChI is InChI=1S/C7H4FN3O2.Na/c8-4-1-2-5-9-10-6(7(12)13)11(5)3-4;/h1-3H,(H,12,13);/q;+1/p-1. The Bertz CT molecular complexity index is 485. The molecule has 0 aliphatic carbocycles. The molecule has 2 aromatic rings. The largest absolute Gasteiger partial charge is 1.00 e. The van der Waals surface area contributed by atoms with Gasteiger partial charge in [0.15, 0.2) is 11.5 Å². The van der Waals surface area contributed by atoms with Gasteiger partial charge < -0.3 is 9.90 Å². The molecule has 0 unspecified atom stereocenters. The van der Waals surface area contributed by atoms with Crippen molar-refractivity contribution >= 4 is 11.6 Å². The number of aromatic carboxylic acids is 1. The number of pyridine rings is 1. The summed E-state index contributed by atoms with van der Waals surface area (Å²) >= 11 is 0. The van der Waals surface area contributed by atoms with E-state index < -0.39 is 17.6 Å². The minimum Gasteiger partial charge on any atom is -0.541 e. The van der Waals surface area contributed by atoms with E-state index in [2.05, 4.69) is 10.2 Å². The predicted octanol–water partition coefficient (Wildman–Crippen LogP) is -3.76. The second-order valence-corrected chi connectivity index (χ2v) is 2.39. The molecule has 0 aliphatic rings. The molecule has 2 rings (SSSR count). The van der Waals surface area contributed by atoms with Crippen molar-refractivity contribution in [2.45, 2.75) is 0 Å². The van der Waals surface area contributed by atoms with Gasteiger partial charge in [-0.25, -0.2) is 4.39 Å². The maximum Gasteiger partial charge on any atom is 1.00 e. The molecule has 66 valence electrons. The smallest absolute Gasteiger partial charge is 0.541 e. The Morgan fingerprint density at radius 3 is 2.79 bits per heavy atom. The minimum absolute atomic E-state index is 0. The van der Waals surface area contributed by atoms with Crippen LogP contribution < -0.4 is 34.7 Å². The summed E-state index contributed by atoms with van der Waals surface area (Å²) in [5, 5.41) is 17.3. The number of carboxylic acids is 1. The molecule has 2 heterocycles. The third kappa shape index (κ3) is 1.77. The Balaban J connectivity index is 0.000000980. The molecule has 14 heavy (non-hydrogen) atoms. The number of rotatable bonds is 1. The van der Waals surface area contributed by atoms with Gasteiger partial charge in [-0.05, 0) is 12.1 Å². The third-order valence-electron chi connectivity index (χ3n) is 1.55. The first kappa shape index (κ1) is 11.1. The quantitative estimate of drug-likeness (QED) is 0.446. The van der Waals surface area contributed by atoms with Crippen LogP contribution in [0.2, 0.25) is 0 Å². The van der Waals surface area contributed by atoms with Crippen molar-refractivity contribution in [3.05, 3.63) is 30.0 Å². The maximum absolute atomic E-state index is 12.7. The molecular weight excluding hydrogens is 200 g/mol. The van der Waals surface area contributed by atoms with E-state index in [0.717, 1.165) is 10.6 Å². The van der Waals surface area contributed by atoms with Gasteiger partial charge in [0.2, 0.25) is 0 Å². The number of hydrogen-bond donors (Lipinski definition) is 0. The molecular formula is C7H3FN3NaO2. The van der Waals surface area contributed by atoms with Crippen LogP contribution in [-0.2, 0) is 0 Å². The van der Waals surface area contributed by atoms with Gasteiger partial charge in [-0.2, -0.15) is 0 Å². The molecule has 0 saturated carbocycles. The number of hydrogen-bond acceptors (Lipinski definition) is 4. The molecule has 0 atom stereocenters. The Morgan fingerprint density at radius 2 is 2.14 bits per heavy atom. The fourth-order valence-electron chi connectivity index (χ4n) is 1.00. The van der Waals surface area contributed by atoms with Crippen molar-refractivity contribution in [3.63, 3.8) is 0 Å². The van der Waals surface area contributed by atoms with Crippen LogP contribution in [0.5, 0.6) is 0 Å². The van der Waals surface area contributed by atoms with Gasteiger partial charge in [0.25, 0.3) is 0 Å². The van der Waals surface area contributed by atoms with E-state index in [1.165, 1.54) is 12.1 Å². The molecule has 0 N–H and O–H groups in total. The van der Waals surface area contributed by atoms with Crippen molar-refractivity contribution in [1.82, 2.24) is 14.6 Å². The molecule has 0 aromatic carbocycles. The van der Waals surface area contributed by atoms with Crippen molar-refractivity contribution in [3.8, 4) is 0 Å². The minimum atomic E-state index is -1.49. The summed E-state index contributed by atoms with van der Waals surface area (Å²) in [7, 11) is 0. The summed E-state index contributed by atoms with van der Waals surface area (Å²) in [5.74, 6) is -2.46. The number of aromatic nitrogens is 3. The predicted molar refractivity (Wildman–Crippen MR) is 37.3 cm³/mol. The normalized spacial score (nSPS) is 9.79. The molecule has 0 amide bonds. The van der Waals surface area contributed by atoms with Crippen LogP contribution in [0.4, 0.5) is 4.39 Å². The van der Waals surface area contributed by atoms with Gasteiger partial charge >= 0.3 is 29.6 Å². The third-order valence-corrected chi connectivity index (χ3v) is 1.55. The summed E-state index contributed by atoms with van der Waals surface area (Å²) in [6, 6.07) is 2.50. The SMILES string of the molecule is O=C([O-])c1nnc2ccc(F)cn12.[Na+]. The van der Waals surface area contributed by atoms with Crippen molar-refractivity contribution in [2.24, 2.45) is 0 Å². The van der Waals surface area contributed by atoms with Gasteiger partial charge in [0.1, 0.15) is 11.8 Å². The first-order chi connectivity index (χ1) is 6.18. The fraction of sp³-hybridized carbons (Fsp3) is 0. The van der Waals surface area contributed by atoms with Crippen LogP contribution in [0.15, 0.2) is 18.3 Å².